The fourth-order valence-corrected chi connectivity index (χ4v) is 2.89. The van der Waals surface area contributed by atoms with Crippen molar-refractivity contribution >= 4 is 11.0 Å². The highest BCUT2D eigenvalue weighted by Crippen LogP contribution is 2.24. The fraction of sp³-hybridized carbons (Fsp3) is 0.562. The van der Waals surface area contributed by atoms with E-state index in [-0.39, 0.29) is 11.6 Å². The summed E-state index contributed by atoms with van der Waals surface area (Å²) in [7, 11) is 6.27. The van der Waals surface area contributed by atoms with Crippen LogP contribution in [0.15, 0.2) is 24.3 Å². The van der Waals surface area contributed by atoms with E-state index in [1.165, 1.54) is 0 Å². The first-order chi connectivity index (χ1) is 9.93. The van der Waals surface area contributed by atoms with Crippen LogP contribution >= 0.6 is 0 Å². The predicted octanol–water partition coefficient (Wildman–Crippen LogP) is 1.68. The minimum absolute atomic E-state index is 0.0209. The summed E-state index contributed by atoms with van der Waals surface area (Å²) < 4.78 is 2.16. The lowest BCUT2D eigenvalue weighted by atomic mass is 9.86. The lowest BCUT2D eigenvalue weighted by Crippen LogP contribution is -2.59. The van der Waals surface area contributed by atoms with Crippen LogP contribution in [0.25, 0.3) is 11.0 Å². The highest BCUT2D eigenvalue weighted by Gasteiger charge is 2.35. The molecule has 0 saturated carbocycles. The van der Waals surface area contributed by atoms with Crippen molar-refractivity contribution in [2.75, 3.05) is 14.1 Å². The highest BCUT2D eigenvalue weighted by atomic mass is 15.3. The minimum atomic E-state index is -0.0209. The summed E-state index contributed by atoms with van der Waals surface area (Å²) in [6.45, 7) is 4.43. The SMILES string of the molecule is CCC(C)(C(Cc1nc2ccccc2n1C)NN)N(C)C. The largest absolute Gasteiger partial charge is 0.331 e. The van der Waals surface area contributed by atoms with E-state index in [4.69, 9.17) is 10.8 Å². The number of hydrazine groups is 1. The van der Waals surface area contributed by atoms with Gasteiger partial charge in [0.2, 0.25) is 0 Å². The summed E-state index contributed by atoms with van der Waals surface area (Å²) in [6.07, 6.45) is 1.81. The topological polar surface area (TPSA) is 59.1 Å². The van der Waals surface area contributed by atoms with Gasteiger partial charge in [0.05, 0.1) is 11.0 Å². The van der Waals surface area contributed by atoms with E-state index in [0.29, 0.717) is 0 Å². The van der Waals surface area contributed by atoms with Crippen molar-refractivity contribution < 1.29 is 0 Å². The first kappa shape index (κ1) is 15.9. The van der Waals surface area contributed by atoms with Crippen LogP contribution < -0.4 is 11.3 Å². The molecule has 0 aliphatic carbocycles. The Kier molecular flexibility index (Phi) is 4.66. The molecule has 0 amide bonds. The molecule has 2 atom stereocenters. The first-order valence-corrected chi connectivity index (χ1v) is 7.48. The quantitative estimate of drug-likeness (QED) is 0.627. The monoisotopic (exact) mass is 289 g/mol. The van der Waals surface area contributed by atoms with Gasteiger partial charge in [0.25, 0.3) is 0 Å². The molecule has 0 fully saturated rings. The Balaban J connectivity index is 2.35. The number of aryl methyl sites for hydroxylation is 1. The van der Waals surface area contributed by atoms with Crippen molar-refractivity contribution in [1.29, 1.82) is 0 Å². The maximum Gasteiger partial charge on any atom is 0.111 e. The molecule has 1 heterocycles. The van der Waals surface area contributed by atoms with E-state index in [1.807, 2.05) is 12.1 Å². The third-order valence-electron chi connectivity index (χ3n) is 4.96. The number of benzene rings is 1. The highest BCUT2D eigenvalue weighted by molar-refractivity contribution is 5.75. The maximum atomic E-state index is 5.85. The van der Waals surface area contributed by atoms with Gasteiger partial charge in [-0.3, -0.25) is 11.3 Å². The van der Waals surface area contributed by atoms with Gasteiger partial charge < -0.3 is 9.47 Å². The van der Waals surface area contributed by atoms with E-state index in [1.54, 1.807) is 0 Å². The Morgan fingerprint density at radius 2 is 2.05 bits per heavy atom. The van der Waals surface area contributed by atoms with Crippen LogP contribution in [0.3, 0.4) is 0 Å². The van der Waals surface area contributed by atoms with Gasteiger partial charge in [0.15, 0.2) is 0 Å². The van der Waals surface area contributed by atoms with Gasteiger partial charge in [-0.2, -0.15) is 0 Å². The Hall–Kier alpha value is -1.43. The molecule has 116 valence electrons. The molecule has 2 aromatic rings. The number of nitrogens with two attached hydrogens (primary N) is 1. The Morgan fingerprint density at radius 1 is 1.38 bits per heavy atom. The average Bonchev–Trinajstić information content (AvgIpc) is 2.80. The van der Waals surface area contributed by atoms with Gasteiger partial charge in [0, 0.05) is 25.0 Å². The standard InChI is InChI=1S/C16H27N5/c1-6-16(2,20(3)4)14(19-17)11-15-18-12-9-7-8-10-13(12)21(15)5/h7-10,14,19H,6,11,17H2,1-5H3. The van der Waals surface area contributed by atoms with Gasteiger partial charge in [0.1, 0.15) is 5.82 Å². The summed E-state index contributed by atoms with van der Waals surface area (Å²) in [6, 6.07) is 8.35. The number of hydrogen-bond acceptors (Lipinski definition) is 4. The summed E-state index contributed by atoms with van der Waals surface area (Å²) in [5.41, 5.74) is 5.17. The van der Waals surface area contributed by atoms with Crippen LogP contribution in [-0.2, 0) is 13.5 Å². The molecule has 0 spiro atoms. The molecule has 5 nitrogen and oxygen atoms in total. The second-order valence-corrected chi connectivity index (χ2v) is 6.10. The number of imidazole rings is 1. The van der Waals surface area contributed by atoms with E-state index in [0.717, 1.165) is 29.7 Å². The molecule has 5 heteroatoms. The van der Waals surface area contributed by atoms with Gasteiger partial charge in [-0.25, -0.2) is 4.98 Å². The number of rotatable bonds is 6. The zero-order valence-corrected chi connectivity index (χ0v) is 13.7. The van der Waals surface area contributed by atoms with E-state index >= 15 is 0 Å². The summed E-state index contributed by atoms with van der Waals surface area (Å²) in [5, 5.41) is 0. The van der Waals surface area contributed by atoms with Gasteiger partial charge in [-0.15, -0.1) is 0 Å². The molecule has 0 saturated heterocycles. The predicted molar refractivity (Wildman–Crippen MR) is 87.9 cm³/mol. The van der Waals surface area contributed by atoms with E-state index < -0.39 is 0 Å². The lowest BCUT2D eigenvalue weighted by Gasteiger charge is -2.42. The van der Waals surface area contributed by atoms with Crippen molar-refractivity contribution in [2.45, 2.75) is 38.3 Å². The Labute approximate surface area is 127 Å². The number of nitrogens with zero attached hydrogens (tertiary/aromatic N) is 3. The molecule has 21 heavy (non-hydrogen) atoms. The first-order valence-electron chi connectivity index (χ1n) is 7.48. The van der Waals surface area contributed by atoms with Crippen molar-refractivity contribution in [2.24, 2.45) is 12.9 Å². The third-order valence-corrected chi connectivity index (χ3v) is 4.96. The van der Waals surface area contributed by atoms with E-state index in [2.05, 4.69) is 62.0 Å². The fourth-order valence-electron chi connectivity index (χ4n) is 2.89. The van der Waals surface area contributed by atoms with Crippen molar-refractivity contribution in [3.05, 3.63) is 30.1 Å². The molecule has 1 aromatic heterocycles. The van der Waals surface area contributed by atoms with Crippen LogP contribution in [-0.4, -0.2) is 40.1 Å². The van der Waals surface area contributed by atoms with Gasteiger partial charge in [-0.1, -0.05) is 19.1 Å². The molecular weight excluding hydrogens is 262 g/mol. The van der Waals surface area contributed by atoms with Gasteiger partial charge in [-0.05, 0) is 39.6 Å². The summed E-state index contributed by atoms with van der Waals surface area (Å²) in [5.74, 6) is 6.91. The molecular formula is C16H27N5. The van der Waals surface area contributed by atoms with Crippen LogP contribution in [0.5, 0.6) is 0 Å². The number of aromatic nitrogens is 2. The smallest absolute Gasteiger partial charge is 0.111 e. The molecule has 3 N–H and O–H groups in total. The Morgan fingerprint density at radius 3 is 2.57 bits per heavy atom. The number of hydrogen-bond donors (Lipinski definition) is 2. The number of nitrogens with one attached hydrogen (secondary N) is 1. The number of likely N-dealkylation sites (N-methyl/N-ethyl adjacent to an activating group) is 1. The maximum absolute atomic E-state index is 5.85. The van der Waals surface area contributed by atoms with Crippen molar-refractivity contribution in [3.8, 4) is 0 Å². The minimum Gasteiger partial charge on any atom is -0.331 e. The second-order valence-electron chi connectivity index (χ2n) is 6.10. The molecule has 0 bridgehead atoms. The molecule has 0 radical (unpaired) electrons. The van der Waals surface area contributed by atoms with Crippen LogP contribution in [0.2, 0.25) is 0 Å². The average molecular weight is 289 g/mol. The zero-order chi connectivity index (χ0) is 15.6. The van der Waals surface area contributed by atoms with Crippen LogP contribution in [0, 0.1) is 0 Å². The van der Waals surface area contributed by atoms with Crippen molar-refractivity contribution in [3.63, 3.8) is 0 Å². The third kappa shape index (κ3) is 2.81. The normalized spacial score (nSPS) is 16.3. The van der Waals surface area contributed by atoms with Crippen LogP contribution in [0.4, 0.5) is 0 Å². The molecule has 0 aliphatic heterocycles. The molecule has 1 aromatic carbocycles. The molecule has 2 rings (SSSR count). The van der Waals surface area contributed by atoms with Gasteiger partial charge >= 0.3 is 0 Å². The number of para-hydroxylation sites is 2. The zero-order valence-electron chi connectivity index (χ0n) is 13.7. The summed E-state index contributed by atoms with van der Waals surface area (Å²) >= 11 is 0. The lowest BCUT2D eigenvalue weighted by molar-refractivity contribution is 0.111. The molecule has 0 aliphatic rings. The second kappa shape index (κ2) is 6.13. The number of fused-ring (bicyclic) bond motifs is 1. The molecule has 2 unspecified atom stereocenters. The summed E-state index contributed by atoms with van der Waals surface area (Å²) in [4.78, 5) is 6.99. The van der Waals surface area contributed by atoms with Crippen LogP contribution in [0.1, 0.15) is 26.1 Å². The Bertz CT molecular complexity index is 604. The van der Waals surface area contributed by atoms with Crippen molar-refractivity contribution in [1.82, 2.24) is 19.9 Å². The van der Waals surface area contributed by atoms with E-state index in [9.17, 15) is 0 Å².